The van der Waals surface area contributed by atoms with Crippen molar-refractivity contribution < 1.29 is 17.9 Å². The Morgan fingerprint density at radius 1 is 1.23 bits per heavy atom. The van der Waals surface area contributed by atoms with Gasteiger partial charge >= 0.3 is 0 Å². The molecule has 138 valence electrons. The first kappa shape index (κ1) is 18.5. The second-order valence-electron chi connectivity index (χ2n) is 6.03. The molecule has 26 heavy (non-hydrogen) atoms. The summed E-state index contributed by atoms with van der Waals surface area (Å²) in [6.07, 6.45) is 0.627. The molecular formula is C18H19ClN2O4S. The van der Waals surface area contributed by atoms with E-state index in [1.165, 1.54) is 4.31 Å². The van der Waals surface area contributed by atoms with Crippen LogP contribution in [-0.2, 0) is 14.8 Å². The minimum absolute atomic E-state index is 0.136. The number of nitrogens with zero attached hydrogens (tertiary/aromatic N) is 1. The van der Waals surface area contributed by atoms with Crippen LogP contribution in [0.2, 0.25) is 5.02 Å². The van der Waals surface area contributed by atoms with Crippen LogP contribution in [0.25, 0.3) is 0 Å². The number of aryl methyl sites for hydroxylation is 1. The maximum atomic E-state index is 12.1. The number of hydrogen-bond donors (Lipinski definition) is 1. The van der Waals surface area contributed by atoms with Crippen LogP contribution < -0.4 is 14.4 Å². The molecular weight excluding hydrogens is 376 g/mol. The van der Waals surface area contributed by atoms with E-state index in [1.807, 2.05) is 6.92 Å². The molecule has 2 aromatic rings. The molecule has 8 heteroatoms. The van der Waals surface area contributed by atoms with Gasteiger partial charge in [-0.2, -0.15) is 0 Å². The lowest BCUT2D eigenvalue weighted by atomic mass is 10.1. The van der Waals surface area contributed by atoms with Crippen molar-refractivity contribution in [3.63, 3.8) is 0 Å². The van der Waals surface area contributed by atoms with Crippen molar-refractivity contribution in [1.29, 1.82) is 0 Å². The standard InChI is InChI=1S/C18H19ClN2O4S/c1-13-11-15(21-9-2-10-26(21,23)24)5-8-17(13)20-18(22)12-25-16-6-3-14(19)4-7-16/h3-8,11H,2,9-10,12H2,1H3,(H,20,22). The Morgan fingerprint density at radius 2 is 1.96 bits per heavy atom. The number of anilines is 2. The maximum Gasteiger partial charge on any atom is 0.262 e. The number of halogens is 1. The molecule has 1 aliphatic rings. The molecule has 1 amide bonds. The molecule has 1 heterocycles. The fourth-order valence-electron chi connectivity index (χ4n) is 2.74. The summed E-state index contributed by atoms with van der Waals surface area (Å²) in [6, 6.07) is 11.9. The molecule has 0 unspecified atom stereocenters. The Kier molecular flexibility index (Phi) is 5.38. The van der Waals surface area contributed by atoms with Crippen LogP contribution in [0.4, 0.5) is 11.4 Å². The van der Waals surface area contributed by atoms with Crippen LogP contribution in [0.5, 0.6) is 5.75 Å². The van der Waals surface area contributed by atoms with Gasteiger partial charge in [-0.3, -0.25) is 9.10 Å². The van der Waals surface area contributed by atoms with Crippen LogP contribution >= 0.6 is 11.6 Å². The number of hydrogen-bond acceptors (Lipinski definition) is 4. The monoisotopic (exact) mass is 394 g/mol. The van der Waals surface area contributed by atoms with Gasteiger partial charge < -0.3 is 10.1 Å². The van der Waals surface area contributed by atoms with Crippen molar-refractivity contribution in [1.82, 2.24) is 0 Å². The average Bonchev–Trinajstić information content (AvgIpc) is 2.95. The zero-order valence-electron chi connectivity index (χ0n) is 14.2. The summed E-state index contributed by atoms with van der Waals surface area (Å²) in [7, 11) is -3.22. The number of rotatable bonds is 5. The quantitative estimate of drug-likeness (QED) is 0.844. The van der Waals surface area contributed by atoms with E-state index in [-0.39, 0.29) is 18.3 Å². The Bertz CT molecular complexity index is 913. The number of carbonyl (C=O) groups excluding carboxylic acids is 1. The summed E-state index contributed by atoms with van der Waals surface area (Å²) in [5, 5.41) is 3.37. The molecule has 0 aromatic heterocycles. The van der Waals surface area contributed by atoms with E-state index in [0.717, 1.165) is 5.56 Å². The third kappa shape index (κ3) is 4.28. The van der Waals surface area contributed by atoms with E-state index in [1.54, 1.807) is 42.5 Å². The minimum atomic E-state index is -3.22. The topological polar surface area (TPSA) is 75.7 Å². The predicted octanol–water partition coefficient (Wildman–Crippen LogP) is 3.21. The van der Waals surface area contributed by atoms with Gasteiger partial charge in [-0.15, -0.1) is 0 Å². The summed E-state index contributed by atoms with van der Waals surface area (Å²) in [4.78, 5) is 12.1. The average molecular weight is 395 g/mol. The molecule has 0 radical (unpaired) electrons. The number of nitrogens with one attached hydrogen (secondary N) is 1. The van der Waals surface area contributed by atoms with Gasteiger partial charge in [0.15, 0.2) is 6.61 Å². The van der Waals surface area contributed by atoms with Gasteiger partial charge in [-0.1, -0.05) is 11.6 Å². The fraction of sp³-hybridized carbons (Fsp3) is 0.278. The molecule has 1 fully saturated rings. The number of ether oxygens (including phenoxy) is 1. The van der Waals surface area contributed by atoms with Gasteiger partial charge in [0.25, 0.3) is 5.91 Å². The lowest BCUT2D eigenvalue weighted by Crippen LogP contribution is -2.25. The maximum absolute atomic E-state index is 12.1. The lowest BCUT2D eigenvalue weighted by molar-refractivity contribution is -0.118. The van der Waals surface area contributed by atoms with E-state index in [2.05, 4.69) is 5.32 Å². The molecule has 6 nitrogen and oxygen atoms in total. The predicted molar refractivity (Wildman–Crippen MR) is 103 cm³/mol. The molecule has 1 aliphatic heterocycles. The third-order valence-electron chi connectivity index (χ3n) is 4.05. The number of amides is 1. The van der Waals surface area contributed by atoms with Crippen molar-refractivity contribution in [3.05, 3.63) is 53.1 Å². The van der Waals surface area contributed by atoms with Crippen molar-refractivity contribution in [2.24, 2.45) is 0 Å². The molecule has 0 spiro atoms. The van der Waals surface area contributed by atoms with Gasteiger partial charge in [0, 0.05) is 17.3 Å². The Balaban J connectivity index is 1.62. The minimum Gasteiger partial charge on any atom is -0.484 e. The highest BCUT2D eigenvalue weighted by molar-refractivity contribution is 7.93. The Labute approximate surface area is 157 Å². The largest absolute Gasteiger partial charge is 0.484 e. The van der Waals surface area contributed by atoms with E-state index in [9.17, 15) is 13.2 Å². The first-order valence-electron chi connectivity index (χ1n) is 8.14. The normalized spacial score (nSPS) is 15.7. The lowest BCUT2D eigenvalue weighted by Gasteiger charge is -2.18. The van der Waals surface area contributed by atoms with Crippen LogP contribution in [0.15, 0.2) is 42.5 Å². The second-order valence-corrected chi connectivity index (χ2v) is 8.48. The molecule has 0 bridgehead atoms. The first-order chi connectivity index (χ1) is 12.3. The van der Waals surface area contributed by atoms with Crippen molar-refractivity contribution in [3.8, 4) is 5.75 Å². The zero-order valence-corrected chi connectivity index (χ0v) is 15.8. The Morgan fingerprint density at radius 3 is 2.58 bits per heavy atom. The zero-order chi connectivity index (χ0) is 18.7. The van der Waals surface area contributed by atoms with Crippen LogP contribution in [0.3, 0.4) is 0 Å². The van der Waals surface area contributed by atoms with Crippen LogP contribution in [0.1, 0.15) is 12.0 Å². The van der Waals surface area contributed by atoms with E-state index < -0.39 is 10.0 Å². The Hall–Kier alpha value is -2.25. The molecule has 0 saturated carbocycles. The molecule has 3 rings (SSSR count). The summed E-state index contributed by atoms with van der Waals surface area (Å²) in [6.45, 7) is 2.17. The number of benzene rings is 2. The van der Waals surface area contributed by atoms with Gasteiger partial charge in [0.1, 0.15) is 5.75 Å². The van der Waals surface area contributed by atoms with Gasteiger partial charge in [0.2, 0.25) is 10.0 Å². The van der Waals surface area contributed by atoms with Gasteiger partial charge in [0.05, 0.1) is 11.4 Å². The summed E-state index contributed by atoms with van der Waals surface area (Å²) < 4.78 is 30.8. The summed E-state index contributed by atoms with van der Waals surface area (Å²) in [5.74, 6) is 0.424. The van der Waals surface area contributed by atoms with Crippen LogP contribution in [-0.4, -0.2) is 33.2 Å². The van der Waals surface area contributed by atoms with Crippen LogP contribution in [0, 0.1) is 6.92 Å². The molecule has 0 atom stereocenters. The summed E-state index contributed by atoms with van der Waals surface area (Å²) >= 11 is 5.80. The van der Waals surface area contributed by atoms with Crippen molar-refractivity contribution >= 4 is 38.9 Å². The summed E-state index contributed by atoms with van der Waals surface area (Å²) in [5.41, 5.74) is 2.02. The molecule has 1 N–H and O–H groups in total. The third-order valence-corrected chi connectivity index (χ3v) is 6.18. The van der Waals surface area contributed by atoms with Gasteiger partial charge in [-0.25, -0.2) is 8.42 Å². The van der Waals surface area contributed by atoms with E-state index >= 15 is 0 Å². The highest BCUT2D eigenvalue weighted by Crippen LogP contribution is 2.28. The van der Waals surface area contributed by atoms with Crippen molar-refractivity contribution in [2.45, 2.75) is 13.3 Å². The number of sulfonamides is 1. The van der Waals surface area contributed by atoms with Crippen molar-refractivity contribution in [2.75, 3.05) is 28.5 Å². The fourth-order valence-corrected chi connectivity index (χ4v) is 4.42. The van der Waals surface area contributed by atoms with E-state index in [4.69, 9.17) is 16.3 Å². The molecule has 2 aromatic carbocycles. The first-order valence-corrected chi connectivity index (χ1v) is 10.1. The molecule has 1 saturated heterocycles. The SMILES string of the molecule is Cc1cc(N2CCCS2(=O)=O)ccc1NC(=O)COc1ccc(Cl)cc1. The second kappa shape index (κ2) is 7.55. The molecule has 0 aliphatic carbocycles. The highest BCUT2D eigenvalue weighted by atomic mass is 35.5. The van der Waals surface area contributed by atoms with Gasteiger partial charge in [-0.05, 0) is 61.4 Å². The van der Waals surface area contributed by atoms with E-state index in [0.29, 0.717) is 35.1 Å². The smallest absolute Gasteiger partial charge is 0.262 e. The number of carbonyl (C=O) groups is 1. The highest BCUT2D eigenvalue weighted by Gasteiger charge is 2.28.